The van der Waals surface area contributed by atoms with Gasteiger partial charge in [0.2, 0.25) is 5.91 Å². The Hall–Kier alpha value is -2.29. The van der Waals surface area contributed by atoms with Gasteiger partial charge in [-0.05, 0) is 23.3 Å². The number of carbonyl (C=O) groups is 1. The van der Waals surface area contributed by atoms with E-state index in [1.54, 1.807) is 7.11 Å². The SMILES string of the molecule is COc1ccc(C2=CC3/C=C\C=C/C2C(=O)N3)cc1. The average Bonchev–Trinajstić information content (AvgIpc) is 2.40. The highest BCUT2D eigenvalue weighted by Gasteiger charge is 2.28. The van der Waals surface area contributed by atoms with Gasteiger partial charge in [-0.3, -0.25) is 4.79 Å². The van der Waals surface area contributed by atoms with E-state index in [-0.39, 0.29) is 17.9 Å². The van der Waals surface area contributed by atoms with Crippen molar-refractivity contribution >= 4 is 11.5 Å². The van der Waals surface area contributed by atoms with E-state index in [0.717, 1.165) is 16.9 Å². The Labute approximate surface area is 112 Å². The molecule has 19 heavy (non-hydrogen) atoms. The van der Waals surface area contributed by atoms with E-state index in [1.165, 1.54) is 0 Å². The number of amides is 1. The third-order valence-electron chi connectivity index (χ3n) is 3.44. The summed E-state index contributed by atoms with van der Waals surface area (Å²) in [5.41, 5.74) is 2.11. The maximum Gasteiger partial charge on any atom is 0.232 e. The molecule has 4 rings (SSSR count). The van der Waals surface area contributed by atoms with Gasteiger partial charge in [0.1, 0.15) is 5.75 Å². The van der Waals surface area contributed by atoms with E-state index in [4.69, 9.17) is 4.74 Å². The lowest BCUT2D eigenvalue weighted by Gasteiger charge is -2.27. The first-order valence-corrected chi connectivity index (χ1v) is 6.29. The molecule has 1 aliphatic carbocycles. The largest absolute Gasteiger partial charge is 0.497 e. The summed E-state index contributed by atoms with van der Waals surface area (Å²) in [4.78, 5) is 12.1. The summed E-state index contributed by atoms with van der Waals surface area (Å²) in [6.07, 6.45) is 9.92. The number of hydrogen-bond acceptors (Lipinski definition) is 2. The average molecular weight is 253 g/mol. The molecule has 3 aliphatic rings. The van der Waals surface area contributed by atoms with Crippen LogP contribution in [0.3, 0.4) is 0 Å². The number of ether oxygens (including phenoxy) is 1. The molecule has 2 bridgehead atoms. The fourth-order valence-corrected chi connectivity index (χ4v) is 2.45. The molecule has 0 radical (unpaired) electrons. The molecule has 2 aliphatic heterocycles. The third-order valence-corrected chi connectivity index (χ3v) is 3.44. The number of rotatable bonds is 2. The van der Waals surface area contributed by atoms with Crippen LogP contribution >= 0.6 is 0 Å². The second-order valence-electron chi connectivity index (χ2n) is 4.63. The molecule has 2 unspecified atom stereocenters. The Morgan fingerprint density at radius 2 is 1.84 bits per heavy atom. The van der Waals surface area contributed by atoms with Gasteiger partial charge in [-0.15, -0.1) is 0 Å². The normalized spacial score (nSPS) is 27.8. The van der Waals surface area contributed by atoms with E-state index in [2.05, 4.69) is 11.4 Å². The molecule has 96 valence electrons. The Kier molecular flexibility index (Phi) is 2.95. The van der Waals surface area contributed by atoms with Gasteiger partial charge in [-0.2, -0.15) is 0 Å². The summed E-state index contributed by atoms with van der Waals surface area (Å²) in [7, 11) is 1.65. The second-order valence-corrected chi connectivity index (χ2v) is 4.63. The highest BCUT2D eigenvalue weighted by Crippen LogP contribution is 2.31. The molecule has 3 nitrogen and oxygen atoms in total. The zero-order valence-electron chi connectivity index (χ0n) is 10.7. The smallest absolute Gasteiger partial charge is 0.232 e. The monoisotopic (exact) mass is 253 g/mol. The molecule has 0 saturated heterocycles. The minimum Gasteiger partial charge on any atom is -0.497 e. The summed E-state index contributed by atoms with van der Waals surface area (Å²) in [5.74, 6) is 0.661. The Morgan fingerprint density at radius 3 is 2.58 bits per heavy atom. The van der Waals surface area contributed by atoms with Crippen LogP contribution in [0.2, 0.25) is 0 Å². The van der Waals surface area contributed by atoms with Gasteiger partial charge in [0.15, 0.2) is 0 Å². The van der Waals surface area contributed by atoms with Crippen LogP contribution < -0.4 is 10.1 Å². The minimum absolute atomic E-state index is 0.0224. The number of fused-ring (bicyclic) bond motifs is 2. The van der Waals surface area contributed by atoms with Crippen LogP contribution in [-0.2, 0) is 4.79 Å². The quantitative estimate of drug-likeness (QED) is 0.878. The first kappa shape index (κ1) is 11.8. The molecular formula is C16H15NO2. The van der Waals surface area contributed by atoms with Crippen LogP contribution in [-0.4, -0.2) is 19.1 Å². The van der Waals surface area contributed by atoms with E-state index in [1.807, 2.05) is 48.6 Å². The first-order valence-electron chi connectivity index (χ1n) is 6.29. The van der Waals surface area contributed by atoms with Crippen molar-refractivity contribution in [2.75, 3.05) is 7.11 Å². The molecule has 1 aromatic carbocycles. The Morgan fingerprint density at radius 1 is 1.11 bits per heavy atom. The standard InChI is InChI=1S/C16H15NO2/c1-19-13-8-6-11(7-9-13)15-10-12-4-2-3-5-14(15)16(18)17-12/h2-10,12,14H,1H3,(H,17,18)/b4-2-,5-3-. The fourth-order valence-electron chi connectivity index (χ4n) is 2.45. The number of hydrogen-bond donors (Lipinski definition) is 1. The van der Waals surface area contributed by atoms with E-state index >= 15 is 0 Å². The summed E-state index contributed by atoms with van der Waals surface area (Å²) < 4.78 is 5.16. The van der Waals surface area contributed by atoms with Crippen LogP contribution in [0, 0.1) is 5.92 Å². The molecule has 1 amide bonds. The van der Waals surface area contributed by atoms with Crippen LogP contribution in [0.4, 0.5) is 0 Å². The molecule has 2 atom stereocenters. The van der Waals surface area contributed by atoms with Crippen molar-refractivity contribution in [3.8, 4) is 5.75 Å². The number of carbonyl (C=O) groups excluding carboxylic acids is 1. The van der Waals surface area contributed by atoms with Crippen molar-refractivity contribution in [2.24, 2.45) is 5.92 Å². The van der Waals surface area contributed by atoms with Crippen molar-refractivity contribution in [3.63, 3.8) is 0 Å². The van der Waals surface area contributed by atoms with Gasteiger partial charge < -0.3 is 10.1 Å². The molecule has 2 heterocycles. The van der Waals surface area contributed by atoms with Crippen LogP contribution in [0.5, 0.6) is 5.75 Å². The first-order chi connectivity index (χ1) is 9.28. The maximum absolute atomic E-state index is 12.1. The second kappa shape index (κ2) is 4.76. The molecule has 1 N–H and O–H groups in total. The Bertz CT molecular complexity index is 581. The zero-order valence-corrected chi connectivity index (χ0v) is 10.7. The minimum atomic E-state index is -0.213. The molecule has 0 spiro atoms. The summed E-state index contributed by atoms with van der Waals surface area (Å²) in [5, 5.41) is 2.96. The lowest BCUT2D eigenvalue weighted by molar-refractivity contribution is -0.122. The molecule has 0 fully saturated rings. The summed E-state index contributed by atoms with van der Waals surface area (Å²) in [6, 6.07) is 7.80. The molecule has 0 aromatic heterocycles. The van der Waals surface area contributed by atoms with Crippen LogP contribution in [0.25, 0.3) is 5.57 Å². The number of benzene rings is 1. The van der Waals surface area contributed by atoms with Gasteiger partial charge in [-0.1, -0.05) is 42.5 Å². The van der Waals surface area contributed by atoms with Crippen molar-refractivity contribution < 1.29 is 9.53 Å². The van der Waals surface area contributed by atoms with Crippen molar-refractivity contribution in [1.82, 2.24) is 5.32 Å². The topological polar surface area (TPSA) is 38.3 Å². The van der Waals surface area contributed by atoms with Gasteiger partial charge in [0, 0.05) is 0 Å². The molecule has 3 heteroatoms. The highest BCUT2D eigenvalue weighted by atomic mass is 16.5. The van der Waals surface area contributed by atoms with Crippen LogP contribution in [0.15, 0.2) is 54.6 Å². The van der Waals surface area contributed by atoms with E-state index in [0.29, 0.717) is 0 Å². The Balaban J connectivity index is 2.03. The molecular weight excluding hydrogens is 238 g/mol. The summed E-state index contributed by atoms with van der Waals surface area (Å²) in [6.45, 7) is 0. The third kappa shape index (κ3) is 2.19. The van der Waals surface area contributed by atoms with Gasteiger partial charge in [0.05, 0.1) is 19.1 Å². The number of allylic oxidation sites excluding steroid dienone is 2. The van der Waals surface area contributed by atoms with Gasteiger partial charge in [0.25, 0.3) is 0 Å². The van der Waals surface area contributed by atoms with Crippen LogP contribution in [0.1, 0.15) is 5.56 Å². The number of nitrogens with one attached hydrogen (secondary N) is 1. The van der Waals surface area contributed by atoms with E-state index in [9.17, 15) is 4.79 Å². The predicted octanol–water partition coefficient (Wildman–Crippen LogP) is 2.32. The number of methoxy groups -OCH3 is 1. The van der Waals surface area contributed by atoms with Gasteiger partial charge >= 0.3 is 0 Å². The van der Waals surface area contributed by atoms with Crippen molar-refractivity contribution in [3.05, 3.63) is 60.2 Å². The maximum atomic E-state index is 12.1. The predicted molar refractivity (Wildman–Crippen MR) is 74.7 cm³/mol. The van der Waals surface area contributed by atoms with Crippen molar-refractivity contribution in [1.29, 1.82) is 0 Å². The summed E-state index contributed by atoms with van der Waals surface area (Å²) >= 11 is 0. The van der Waals surface area contributed by atoms with E-state index < -0.39 is 0 Å². The van der Waals surface area contributed by atoms with Crippen molar-refractivity contribution in [2.45, 2.75) is 6.04 Å². The fraction of sp³-hybridized carbons (Fsp3) is 0.188. The zero-order chi connectivity index (χ0) is 13.2. The lowest BCUT2D eigenvalue weighted by Crippen LogP contribution is -2.41. The van der Waals surface area contributed by atoms with Gasteiger partial charge in [-0.25, -0.2) is 0 Å². The molecule has 1 aromatic rings. The molecule has 0 saturated carbocycles. The highest BCUT2D eigenvalue weighted by molar-refractivity contribution is 5.96. The lowest BCUT2D eigenvalue weighted by atomic mass is 9.85.